The summed E-state index contributed by atoms with van der Waals surface area (Å²) < 4.78 is 0.963. The van der Waals surface area contributed by atoms with Gasteiger partial charge in [0.15, 0.2) is 0 Å². The zero-order valence-corrected chi connectivity index (χ0v) is 8.56. The van der Waals surface area contributed by atoms with E-state index in [4.69, 9.17) is 5.73 Å². The molecule has 0 saturated heterocycles. The van der Waals surface area contributed by atoms with Crippen LogP contribution in [0.1, 0.15) is 12.5 Å². The Hall–Kier alpha value is -0.610. The van der Waals surface area contributed by atoms with E-state index in [0.717, 1.165) is 23.1 Å². The fraction of sp³-hybridized carbons (Fsp3) is 0.375. The predicted octanol–water partition coefficient (Wildman–Crippen LogP) is 1.54. The van der Waals surface area contributed by atoms with Gasteiger partial charge in [-0.25, -0.2) is 4.98 Å². The molecule has 1 aromatic rings. The minimum absolute atomic E-state index is 0.596. The smallest absolute Gasteiger partial charge is 0.127 e. The average molecular weight is 230 g/mol. The molecular weight excluding hydrogens is 218 g/mol. The molecule has 3 N–H and O–H groups in total. The number of pyridine rings is 1. The molecule has 1 rings (SSSR count). The molecule has 0 unspecified atom stereocenters. The second kappa shape index (κ2) is 4.42. The van der Waals surface area contributed by atoms with Crippen molar-refractivity contribution in [2.45, 2.75) is 13.5 Å². The summed E-state index contributed by atoms with van der Waals surface area (Å²) in [5.41, 5.74) is 6.69. The van der Waals surface area contributed by atoms with Crippen LogP contribution in [0.2, 0.25) is 0 Å². The van der Waals surface area contributed by atoms with Gasteiger partial charge in [0.1, 0.15) is 5.82 Å². The highest BCUT2D eigenvalue weighted by molar-refractivity contribution is 9.10. The van der Waals surface area contributed by atoms with Gasteiger partial charge in [-0.2, -0.15) is 0 Å². The maximum absolute atomic E-state index is 5.66. The zero-order valence-electron chi connectivity index (χ0n) is 6.97. The number of nitrogen functional groups attached to an aromatic ring is 1. The third-order valence-electron chi connectivity index (χ3n) is 1.53. The van der Waals surface area contributed by atoms with Crippen molar-refractivity contribution in [3.05, 3.63) is 22.3 Å². The molecule has 0 atom stereocenters. The van der Waals surface area contributed by atoms with E-state index >= 15 is 0 Å². The predicted molar refractivity (Wildman–Crippen MR) is 53.7 cm³/mol. The van der Waals surface area contributed by atoms with Crippen LogP contribution in [0.5, 0.6) is 0 Å². The van der Waals surface area contributed by atoms with Gasteiger partial charge in [-0.15, -0.1) is 0 Å². The van der Waals surface area contributed by atoms with Crippen LogP contribution in [0, 0.1) is 0 Å². The van der Waals surface area contributed by atoms with Crippen molar-refractivity contribution in [2.75, 3.05) is 12.3 Å². The molecule has 0 fully saturated rings. The normalized spacial score (nSPS) is 10.2. The number of hydrogen-bond donors (Lipinski definition) is 2. The number of anilines is 1. The molecule has 0 aromatic carbocycles. The van der Waals surface area contributed by atoms with Gasteiger partial charge in [0.2, 0.25) is 0 Å². The number of nitrogens with two attached hydrogens (primary N) is 1. The Morgan fingerprint density at radius 1 is 1.67 bits per heavy atom. The molecule has 66 valence electrons. The maximum Gasteiger partial charge on any atom is 0.127 e. The van der Waals surface area contributed by atoms with E-state index in [0.29, 0.717) is 5.82 Å². The molecule has 0 amide bonds. The first kappa shape index (κ1) is 9.48. The first-order valence-corrected chi connectivity index (χ1v) is 4.64. The molecule has 0 aliphatic heterocycles. The van der Waals surface area contributed by atoms with Gasteiger partial charge in [0, 0.05) is 22.8 Å². The van der Waals surface area contributed by atoms with E-state index in [9.17, 15) is 0 Å². The van der Waals surface area contributed by atoms with E-state index < -0.39 is 0 Å². The molecule has 12 heavy (non-hydrogen) atoms. The highest BCUT2D eigenvalue weighted by Crippen LogP contribution is 2.14. The van der Waals surface area contributed by atoms with Crippen molar-refractivity contribution in [3.63, 3.8) is 0 Å². The monoisotopic (exact) mass is 229 g/mol. The third kappa shape index (κ3) is 2.46. The summed E-state index contributed by atoms with van der Waals surface area (Å²) >= 11 is 3.34. The lowest BCUT2D eigenvalue weighted by molar-refractivity contribution is 0.726. The average Bonchev–Trinajstić information content (AvgIpc) is 2.07. The standard InChI is InChI=1S/C8H12BrN3/c1-2-11-4-6-3-7(9)5-12-8(6)10/h3,5,11H,2,4H2,1H3,(H2,10,12). The Bertz CT molecular complexity index is 262. The highest BCUT2D eigenvalue weighted by Gasteiger charge is 1.99. The lowest BCUT2D eigenvalue weighted by Gasteiger charge is -2.04. The minimum atomic E-state index is 0.596. The summed E-state index contributed by atoms with van der Waals surface area (Å²) in [4.78, 5) is 4.02. The minimum Gasteiger partial charge on any atom is -0.383 e. The van der Waals surface area contributed by atoms with E-state index in [1.807, 2.05) is 6.07 Å². The van der Waals surface area contributed by atoms with Crippen molar-refractivity contribution < 1.29 is 0 Å². The topological polar surface area (TPSA) is 50.9 Å². The van der Waals surface area contributed by atoms with Crippen molar-refractivity contribution in [1.82, 2.24) is 10.3 Å². The van der Waals surface area contributed by atoms with E-state index in [2.05, 4.69) is 33.2 Å². The third-order valence-corrected chi connectivity index (χ3v) is 1.97. The van der Waals surface area contributed by atoms with E-state index in [1.165, 1.54) is 0 Å². The summed E-state index contributed by atoms with van der Waals surface area (Å²) in [5, 5.41) is 3.19. The molecule has 0 radical (unpaired) electrons. The summed E-state index contributed by atoms with van der Waals surface area (Å²) in [6.45, 7) is 3.77. The Kier molecular flexibility index (Phi) is 3.49. The molecular formula is C8H12BrN3. The highest BCUT2D eigenvalue weighted by atomic mass is 79.9. The first-order chi connectivity index (χ1) is 5.74. The summed E-state index contributed by atoms with van der Waals surface area (Å²) in [6.07, 6.45) is 1.70. The molecule has 0 aliphatic rings. The van der Waals surface area contributed by atoms with Gasteiger partial charge in [0.05, 0.1) is 0 Å². The second-order valence-electron chi connectivity index (χ2n) is 2.48. The molecule has 0 aliphatic carbocycles. The molecule has 1 heterocycles. The van der Waals surface area contributed by atoms with Crippen LogP contribution in [0.4, 0.5) is 5.82 Å². The van der Waals surface area contributed by atoms with E-state index in [1.54, 1.807) is 6.20 Å². The van der Waals surface area contributed by atoms with Gasteiger partial charge in [-0.3, -0.25) is 0 Å². The van der Waals surface area contributed by atoms with Crippen molar-refractivity contribution in [1.29, 1.82) is 0 Å². The summed E-state index contributed by atoms with van der Waals surface area (Å²) in [5.74, 6) is 0.596. The Balaban J connectivity index is 2.75. The molecule has 0 bridgehead atoms. The molecule has 0 spiro atoms. The van der Waals surface area contributed by atoms with Crippen LogP contribution in [-0.2, 0) is 6.54 Å². The van der Waals surface area contributed by atoms with Crippen LogP contribution in [0.15, 0.2) is 16.7 Å². The Morgan fingerprint density at radius 3 is 3.08 bits per heavy atom. The Labute approximate surface area is 80.5 Å². The largest absolute Gasteiger partial charge is 0.383 e. The lowest BCUT2D eigenvalue weighted by Crippen LogP contribution is -2.13. The van der Waals surface area contributed by atoms with Gasteiger partial charge in [-0.1, -0.05) is 6.92 Å². The zero-order chi connectivity index (χ0) is 8.97. The molecule has 0 saturated carbocycles. The SMILES string of the molecule is CCNCc1cc(Br)cnc1N. The number of rotatable bonds is 3. The fourth-order valence-electron chi connectivity index (χ4n) is 0.893. The molecule has 4 heteroatoms. The van der Waals surface area contributed by atoms with Crippen LogP contribution < -0.4 is 11.1 Å². The number of nitrogens with zero attached hydrogens (tertiary/aromatic N) is 1. The summed E-state index contributed by atoms with van der Waals surface area (Å²) in [7, 11) is 0. The first-order valence-electron chi connectivity index (χ1n) is 3.84. The lowest BCUT2D eigenvalue weighted by atomic mass is 10.2. The van der Waals surface area contributed by atoms with Gasteiger partial charge < -0.3 is 11.1 Å². The van der Waals surface area contributed by atoms with Crippen LogP contribution >= 0.6 is 15.9 Å². The Morgan fingerprint density at radius 2 is 2.42 bits per heavy atom. The number of hydrogen-bond acceptors (Lipinski definition) is 3. The number of nitrogens with one attached hydrogen (secondary N) is 1. The number of halogens is 1. The van der Waals surface area contributed by atoms with Gasteiger partial charge in [0.25, 0.3) is 0 Å². The van der Waals surface area contributed by atoms with Gasteiger partial charge in [-0.05, 0) is 28.5 Å². The van der Waals surface area contributed by atoms with Crippen LogP contribution in [0.25, 0.3) is 0 Å². The molecule has 1 aromatic heterocycles. The number of aromatic nitrogens is 1. The quantitative estimate of drug-likeness (QED) is 0.827. The van der Waals surface area contributed by atoms with Crippen molar-refractivity contribution in [3.8, 4) is 0 Å². The fourth-order valence-corrected chi connectivity index (χ4v) is 1.27. The summed E-state index contributed by atoms with van der Waals surface area (Å²) in [6, 6.07) is 1.98. The van der Waals surface area contributed by atoms with Gasteiger partial charge >= 0.3 is 0 Å². The maximum atomic E-state index is 5.66. The molecule has 3 nitrogen and oxygen atoms in total. The van der Waals surface area contributed by atoms with Crippen molar-refractivity contribution >= 4 is 21.7 Å². The van der Waals surface area contributed by atoms with Crippen LogP contribution in [-0.4, -0.2) is 11.5 Å². The van der Waals surface area contributed by atoms with E-state index in [-0.39, 0.29) is 0 Å². The van der Waals surface area contributed by atoms with Crippen molar-refractivity contribution in [2.24, 2.45) is 0 Å². The van der Waals surface area contributed by atoms with Crippen LogP contribution in [0.3, 0.4) is 0 Å². The second-order valence-corrected chi connectivity index (χ2v) is 3.39.